The minimum absolute atomic E-state index is 0.113. The van der Waals surface area contributed by atoms with E-state index in [1.165, 1.54) is 70.6 Å². The van der Waals surface area contributed by atoms with E-state index in [2.05, 4.69) is 74.6 Å². The largest absolute Gasteiger partial charge is 0.299 e. The fourth-order valence-electron chi connectivity index (χ4n) is 4.52. The standard InChI is InChI=1S/C37H62O2/c1-3-5-7-9-11-13-15-17-18-19-20-22-24-26-28-30-32-34-37(39)35-36(38)33-31-29-27-25-23-21-16-14-12-10-8-6-4-2/h5,7,11,13,17-18,20,22,26,28H,3-4,6,8-10,12,14-16,19,21,23-25,27,29-35H2,1-2H3. The lowest BCUT2D eigenvalue weighted by molar-refractivity contribution is -0.127. The Labute approximate surface area is 243 Å². The Balaban J connectivity index is 3.51. The van der Waals surface area contributed by atoms with E-state index in [1.807, 2.05) is 0 Å². The van der Waals surface area contributed by atoms with E-state index in [1.54, 1.807) is 0 Å². The van der Waals surface area contributed by atoms with Gasteiger partial charge in [0, 0.05) is 12.8 Å². The molecule has 2 nitrogen and oxygen atoms in total. The number of allylic oxidation sites excluding steroid dienone is 10. The van der Waals surface area contributed by atoms with Crippen LogP contribution >= 0.6 is 0 Å². The van der Waals surface area contributed by atoms with Gasteiger partial charge in [-0.1, -0.05) is 152 Å². The molecule has 0 aromatic carbocycles. The van der Waals surface area contributed by atoms with Crippen LogP contribution in [0.15, 0.2) is 60.8 Å². The minimum Gasteiger partial charge on any atom is -0.299 e. The first-order valence-corrected chi connectivity index (χ1v) is 16.5. The number of carbonyl (C=O) groups is 2. The molecule has 0 atom stereocenters. The predicted molar refractivity (Wildman–Crippen MR) is 173 cm³/mol. The summed E-state index contributed by atoms with van der Waals surface area (Å²) >= 11 is 0. The SMILES string of the molecule is CCC=CCC=CCC=CCC=CCC=CCCCC(=O)CC(=O)CCCCCCCCCCCCCCC. The van der Waals surface area contributed by atoms with E-state index in [0.29, 0.717) is 12.8 Å². The van der Waals surface area contributed by atoms with Crippen molar-refractivity contribution in [2.24, 2.45) is 0 Å². The lowest BCUT2D eigenvalue weighted by atomic mass is 10.0. The Morgan fingerprint density at radius 1 is 0.410 bits per heavy atom. The van der Waals surface area contributed by atoms with Gasteiger partial charge in [0.05, 0.1) is 6.42 Å². The lowest BCUT2D eigenvalue weighted by Gasteiger charge is -2.03. The van der Waals surface area contributed by atoms with Gasteiger partial charge in [-0.3, -0.25) is 9.59 Å². The Morgan fingerprint density at radius 3 is 1.21 bits per heavy atom. The van der Waals surface area contributed by atoms with E-state index in [0.717, 1.165) is 57.8 Å². The monoisotopic (exact) mass is 538 g/mol. The normalized spacial score (nSPS) is 12.4. The molecule has 0 unspecified atom stereocenters. The second kappa shape index (κ2) is 32.3. The molecular weight excluding hydrogens is 476 g/mol. The van der Waals surface area contributed by atoms with Crippen molar-refractivity contribution in [1.29, 1.82) is 0 Å². The number of Topliss-reactive ketones (excluding diaryl/α,β-unsaturated/α-hetero) is 2. The molecule has 0 saturated carbocycles. The van der Waals surface area contributed by atoms with Crippen molar-refractivity contribution in [1.82, 2.24) is 0 Å². The summed E-state index contributed by atoms with van der Waals surface area (Å²) in [6, 6.07) is 0. The second-order valence-corrected chi connectivity index (χ2v) is 10.8. The van der Waals surface area contributed by atoms with Gasteiger partial charge in [-0.2, -0.15) is 0 Å². The zero-order chi connectivity index (χ0) is 28.5. The van der Waals surface area contributed by atoms with Crippen molar-refractivity contribution in [3.8, 4) is 0 Å². The molecule has 39 heavy (non-hydrogen) atoms. The maximum Gasteiger partial charge on any atom is 0.140 e. The van der Waals surface area contributed by atoms with Gasteiger partial charge in [-0.15, -0.1) is 0 Å². The van der Waals surface area contributed by atoms with Crippen molar-refractivity contribution in [3.05, 3.63) is 60.8 Å². The smallest absolute Gasteiger partial charge is 0.140 e. The highest BCUT2D eigenvalue weighted by Crippen LogP contribution is 2.13. The molecule has 0 saturated heterocycles. The Hall–Kier alpha value is -1.96. The maximum absolute atomic E-state index is 12.1. The molecule has 0 rings (SSSR count). The average molecular weight is 539 g/mol. The summed E-state index contributed by atoms with van der Waals surface area (Å²) in [5, 5.41) is 0. The van der Waals surface area contributed by atoms with Gasteiger partial charge in [0.2, 0.25) is 0 Å². The summed E-state index contributed by atoms with van der Waals surface area (Å²) in [6.07, 6.45) is 47.0. The third kappa shape index (κ3) is 32.2. The summed E-state index contributed by atoms with van der Waals surface area (Å²) in [5.41, 5.74) is 0. The topological polar surface area (TPSA) is 34.1 Å². The van der Waals surface area contributed by atoms with Crippen molar-refractivity contribution >= 4 is 11.6 Å². The summed E-state index contributed by atoms with van der Waals surface area (Å²) in [6.45, 7) is 4.42. The Morgan fingerprint density at radius 2 is 0.769 bits per heavy atom. The Bertz CT molecular complexity index is 692. The average Bonchev–Trinajstić information content (AvgIpc) is 2.93. The van der Waals surface area contributed by atoms with E-state index in [4.69, 9.17) is 0 Å². The third-order valence-electron chi connectivity index (χ3n) is 6.94. The quantitative estimate of drug-likeness (QED) is 0.0539. The number of carbonyl (C=O) groups excluding carboxylic acids is 2. The van der Waals surface area contributed by atoms with Crippen molar-refractivity contribution in [2.75, 3.05) is 0 Å². The molecule has 0 spiro atoms. The van der Waals surface area contributed by atoms with Gasteiger partial charge < -0.3 is 0 Å². The second-order valence-electron chi connectivity index (χ2n) is 10.8. The molecule has 0 aromatic heterocycles. The number of hydrogen-bond donors (Lipinski definition) is 0. The molecule has 0 aromatic rings. The fraction of sp³-hybridized carbons (Fsp3) is 0.676. The molecule has 0 aliphatic rings. The lowest BCUT2D eigenvalue weighted by Crippen LogP contribution is -2.07. The van der Waals surface area contributed by atoms with Gasteiger partial charge in [0.15, 0.2) is 0 Å². The van der Waals surface area contributed by atoms with Crippen LogP contribution in [-0.4, -0.2) is 11.6 Å². The van der Waals surface area contributed by atoms with Crippen molar-refractivity contribution in [3.63, 3.8) is 0 Å². The fourth-order valence-corrected chi connectivity index (χ4v) is 4.52. The van der Waals surface area contributed by atoms with E-state index in [9.17, 15) is 9.59 Å². The number of hydrogen-bond acceptors (Lipinski definition) is 2. The van der Waals surface area contributed by atoms with Crippen LogP contribution in [-0.2, 0) is 9.59 Å². The molecule has 0 radical (unpaired) electrons. The van der Waals surface area contributed by atoms with E-state index < -0.39 is 0 Å². The summed E-state index contributed by atoms with van der Waals surface area (Å²) in [5.74, 6) is 0.250. The first kappa shape index (κ1) is 37.0. The molecule has 0 aliphatic carbocycles. The van der Waals surface area contributed by atoms with Crippen LogP contribution < -0.4 is 0 Å². The molecule has 0 N–H and O–H groups in total. The molecule has 0 fully saturated rings. The number of rotatable bonds is 29. The van der Waals surface area contributed by atoms with Crippen molar-refractivity contribution < 1.29 is 9.59 Å². The highest BCUT2D eigenvalue weighted by molar-refractivity contribution is 5.98. The van der Waals surface area contributed by atoms with Crippen LogP contribution in [0.3, 0.4) is 0 Å². The summed E-state index contributed by atoms with van der Waals surface area (Å²) < 4.78 is 0. The van der Waals surface area contributed by atoms with Gasteiger partial charge >= 0.3 is 0 Å². The zero-order valence-corrected chi connectivity index (χ0v) is 25.9. The highest BCUT2D eigenvalue weighted by Gasteiger charge is 2.08. The predicted octanol–water partition coefficient (Wildman–Crippen LogP) is 11.9. The summed E-state index contributed by atoms with van der Waals surface area (Å²) in [7, 11) is 0. The molecule has 0 amide bonds. The highest BCUT2D eigenvalue weighted by atomic mass is 16.1. The first-order chi connectivity index (χ1) is 19.2. The van der Waals surface area contributed by atoms with Crippen LogP contribution in [0.25, 0.3) is 0 Å². The van der Waals surface area contributed by atoms with Crippen molar-refractivity contribution in [2.45, 2.75) is 162 Å². The zero-order valence-electron chi connectivity index (χ0n) is 25.9. The number of ketones is 2. The van der Waals surface area contributed by atoms with Crippen LogP contribution in [0.1, 0.15) is 162 Å². The maximum atomic E-state index is 12.1. The van der Waals surface area contributed by atoms with Gasteiger partial charge in [-0.25, -0.2) is 0 Å². The van der Waals surface area contributed by atoms with Crippen LogP contribution in [0.2, 0.25) is 0 Å². The molecule has 2 heteroatoms. The molecule has 0 aliphatic heterocycles. The van der Waals surface area contributed by atoms with Gasteiger partial charge in [-0.05, 0) is 51.4 Å². The van der Waals surface area contributed by atoms with Gasteiger partial charge in [0.1, 0.15) is 11.6 Å². The first-order valence-electron chi connectivity index (χ1n) is 16.5. The van der Waals surface area contributed by atoms with Crippen LogP contribution in [0, 0.1) is 0 Å². The van der Waals surface area contributed by atoms with Crippen LogP contribution in [0.5, 0.6) is 0 Å². The van der Waals surface area contributed by atoms with Crippen LogP contribution in [0.4, 0.5) is 0 Å². The minimum atomic E-state index is 0.113. The number of unbranched alkanes of at least 4 members (excludes halogenated alkanes) is 13. The van der Waals surface area contributed by atoms with E-state index in [-0.39, 0.29) is 18.0 Å². The third-order valence-corrected chi connectivity index (χ3v) is 6.94. The molecule has 222 valence electrons. The Kier molecular flexibility index (Phi) is 30.6. The van der Waals surface area contributed by atoms with E-state index >= 15 is 0 Å². The molecule has 0 heterocycles. The molecule has 0 bridgehead atoms. The molecular formula is C37H62O2. The van der Waals surface area contributed by atoms with Gasteiger partial charge in [0.25, 0.3) is 0 Å². The summed E-state index contributed by atoms with van der Waals surface area (Å²) in [4.78, 5) is 24.2.